The van der Waals surface area contributed by atoms with Crippen LogP contribution in [-0.4, -0.2) is 61.6 Å². The van der Waals surface area contributed by atoms with Crippen LogP contribution < -0.4 is 5.32 Å². The second-order valence-electron chi connectivity index (χ2n) is 6.11. The third kappa shape index (κ3) is 10.4. The van der Waals surface area contributed by atoms with Gasteiger partial charge in [0.05, 0.1) is 0 Å². The summed E-state index contributed by atoms with van der Waals surface area (Å²) in [6.45, 7) is 15.9. The van der Waals surface area contributed by atoms with Crippen LogP contribution in [0.5, 0.6) is 0 Å². The van der Waals surface area contributed by atoms with Gasteiger partial charge in [0.2, 0.25) is 0 Å². The number of aliphatic imine (C=N–C) groups is 1. The number of allylic oxidation sites excluding steroid dienone is 1. The molecule has 0 saturated heterocycles. The first kappa shape index (κ1) is 24.0. The van der Waals surface area contributed by atoms with Gasteiger partial charge in [-0.05, 0) is 47.0 Å². The summed E-state index contributed by atoms with van der Waals surface area (Å²) in [4.78, 5) is 9.06. The van der Waals surface area contributed by atoms with Crippen molar-refractivity contribution in [3.05, 3.63) is 12.7 Å². The van der Waals surface area contributed by atoms with Crippen LogP contribution in [0.2, 0.25) is 0 Å². The minimum Gasteiger partial charge on any atom is -0.356 e. The number of guanidine groups is 1. The molecular formula is C17H37IN4. The van der Waals surface area contributed by atoms with E-state index in [1.807, 2.05) is 13.1 Å². The summed E-state index contributed by atoms with van der Waals surface area (Å²) in [6, 6.07) is 1.21. The van der Waals surface area contributed by atoms with Crippen LogP contribution in [0.3, 0.4) is 0 Å². The summed E-state index contributed by atoms with van der Waals surface area (Å²) in [5, 5.41) is 3.45. The van der Waals surface area contributed by atoms with Gasteiger partial charge in [-0.2, -0.15) is 0 Å². The van der Waals surface area contributed by atoms with Crippen molar-refractivity contribution in [2.75, 3.05) is 33.7 Å². The first-order valence-electron chi connectivity index (χ1n) is 8.22. The van der Waals surface area contributed by atoms with E-state index in [4.69, 9.17) is 0 Å². The van der Waals surface area contributed by atoms with E-state index in [0.717, 1.165) is 44.9 Å². The lowest BCUT2D eigenvalue weighted by molar-refractivity contribution is 0.173. The molecule has 0 atom stereocenters. The standard InChI is InChI=1S/C17H36N4.HI/c1-8-9-10-13-20(7)17(18-6)19-12-11-14-21(15(2)3)16(4)5;/h8,15-16H,1,9-14H2,2-7H3,(H,18,19);1H. The van der Waals surface area contributed by atoms with Crippen LogP contribution in [0.25, 0.3) is 0 Å². The highest BCUT2D eigenvalue weighted by Gasteiger charge is 2.12. The normalized spacial score (nSPS) is 11.8. The molecule has 0 radical (unpaired) electrons. The predicted octanol–water partition coefficient (Wildman–Crippen LogP) is 3.59. The molecular weight excluding hydrogens is 387 g/mol. The molecule has 0 aromatic rings. The van der Waals surface area contributed by atoms with E-state index in [2.05, 4.69) is 61.4 Å². The number of nitrogens with one attached hydrogen (secondary N) is 1. The molecule has 4 nitrogen and oxygen atoms in total. The van der Waals surface area contributed by atoms with Crippen LogP contribution in [0.15, 0.2) is 17.6 Å². The minimum atomic E-state index is 0. The maximum Gasteiger partial charge on any atom is 0.193 e. The number of hydrogen-bond donors (Lipinski definition) is 1. The zero-order valence-corrected chi connectivity index (χ0v) is 17.8. The lowest BCUT2D eigenvalue weighted by atomic mass is 10.2. The molecule has 0 saturated carbocycles. The quantitative estimate of drug-likeness (QED) is 0.191. The van der Waals surface area contributed by atoms with Crippen LogP contribution in [0, 0.1) is 0 Å². The summed E-state index contributed by atoms with van der Waals surface area (Å²) in [7, 11) is 3.94. The largest absolute Gasteiger partial charge is 0.356 e. The number of hydrogen-bond acceptors (Lipinski definition) is 2. The Kier molecular flexibility index (Phi) is 15.6. The van der Waals surface area contributed by atoms with Gasteiger partial charge in [-0.3, -0.25) is 9.89 Å². The fourth-order valence-electron chi connectivity index (χ4n) is 2.54. The van der Waals surface area contributed by atoms with Crippen LogP contribution >= 0.6 is 24.0 Å². The topological polar surface area (TPSA) is 30.9 Å². The Labute approximate surface area is 155 Å². The van der Waals surface area contributed by atoms with Gasteiger partial charge in [0.1, 0.15) is 0 Å². The minimum absolute atomic E-state index is 0. The lowest BCUT2D eigenvalue weighted by Gasteiger charge is -2.30. The maximum atomic E-state index is 4.35. The van der Waals surface area contributed by atoms with Crippen molar-refractivity contribution in [1.29, 1.82) is 0 Å². The van der Waals surface area contributed by atoms with Crippen molar-refractivity contribution < 1.29 is 0 Å². The molecule has 0 rings (SSSR count). The zero-order valence-electron chi connectivity index (χ0n) is 15.4. The Hall–Kier alpha value is -0.300. The van der Waals surface area contributed by atoms with E-state index in [1.54, 1.807) is 0 Å². The second-order valence-corrected chi connectivity index (χ2v) is 6.11. The molecule has 0 heterocycles. The number of halogens is 1. The zero-order chi connectivity index (χ0) is 16.3. The van der Waals surface area contributed by atoms with E-state index >= 15 is 0 Å². The van der Waals surface area contributed by atoms with Crippen LogP contribution in [-0.2, 0) is 0 Å². The first-order chi connectivity index (χ1) is 9.93. The maximum absolute atomic E-state index is 4.35. The molecule has 0 aliphatic carbocycles. The van der Waals surface area contributed by atoms with Crippen molar-refractivity contribution in [3.8, 4) is 0 Å². The Morgan fingerprint density at radius 1 is 1.14 bits per heavy atom. The van der Waals surface area contributed by atoms with Crippen LogP contribution in [0.1, 0.15) is 47.0 Å². The van der Waals surface area contributed by atoms with E-state index < -0.39 is 0 Å². The molecule has 0 fully saturated rings. The van der Waals surface area contributed by atoms with Gasteiger partial charge in [0.25, 0.3) is 0 Å². The molecule has 0 aliphatic rings. The highest BCUT2D eigenvalue weighted by molar-refractivity contribution is 14.0. The van der Waals surface area contributed by atoms with E-state index in [9.17, 15) is 0 Å². The summed E-state index contributed by atoms with van der Waals surface area (Å²) >= 11 is 0. The molecule has 22 heavy (non-hydrogen) atoms. The Morgan fingerprint density at radius 3 is 2.18 bits per heavy atom. The highest BCUT2D eigenvalue weighted by atomic mass is 127. The molecule has 0 aromatic carbocycles. The molecule has 1 N–H and O–H groups in total. The van der Waals surface area contributed by atoms with Gasteiger partial charge in [0.15, 0.2) is 5.96 Å². The van der Waals surface area contributed by atoms with Gasteiger partial charge in [0, 0.05) is 45.8 Å². The lowest BCUT2D eigenvalue weighted by Crippen LogP contribution is -2.42. The molecule has 0 amide bonds. The van der Waals surface area contributed by atoms with Crippen molar-refractivity contribution in [2.45, 2.75) is 59.0 Å². The highest BCUT2D eigenvalue weighted by Crippen LogP contribution is 2.05. The molecule has 5 heteroatoms. The van der Waals surface area contributed by atoms with Gasteiger partial charge in [-0.1, -0.05) is 6.08 Å². The summed E-state index contributed by atoms with van der Waals surface area (Å²) in [6.07, 6.45) is 5.28. The second kappa shape index (κ2) is 14.3. The third-order valence-electron chi connectivity index (χ3n) is 3.68. The summed E-state index contributed by atoms with van der Waals surface area (Å²) in [5.74, 6) is 0.986. The average Bonchev–Trinajstić information content (AvgIpc) is 2.42. The van der Waals surface area contributed by atoms with Crippen LogP contribution in [0.4, 0.5) is 0 Å². The van der Waals surface area contributed by atoms with E-state index in [-0.39, 0.29) is 24.0 Å². The summed E-state index contributed by atoms with van der Waals surface area (Å²) < 4.78 is 0. The first-order valence-corrected chi connectivity index (χ1v) is 8.22. The van der Waals surface area contributed by atoms with Gasteiger partial charge < -0.3 is 10.2 Å². The van der Waals surface area contributed by atoms with Crippen molar-refractivity contribution in [3.63, 3.8) is 0 Å². The average molecular weight is 424 g/mol. The molecule has 0 bridgehead atoms. The monoisotopic (exact) mass is 424 g/mol. The smallest absolute Gasteiger partial charge is 0.193 e. The van der Waals surface area contributed by atoms with Gasteiger partial charge in [-0.25, -0.2) is 0 Å². The fraction of sp³-hybridized carbons (Fsp3) is 0.824. The predicted molar refractivity (Wildman–Crippen MR) is 110 cm³/mol. The summed E-state index contributed by atoms with van der Waals surface area (Å²) in [5.41, 5.74) is 0. The van der Waals surface area contributed by atoms with E-state index in [1.165, 1.54) is 0 Å². The molecule has 132 valence electrons. The number of nitrogens with zero attached hydrogens (tertiary/aromatic N) is 3. The molecule has 0 spiro atoms. The van der Waals surface area contributed by atoms with E-state index in [0.29, 0.717) is 12.1 Å². The number of rotatable bonds is 10. The molecule has 0 aliphatic heterocycles. The number of unbranched alkanes of at least 4 members (excludes halogenated alkanes) is 1. The Balaban J connectivity index is 0. The third-order valence-corrected chi connectivity index (χ3v) is 3.68. The molecule has 0 aromatic heterocycles. The van der Waals surface area contributed by atoms with Gasteiger partial charge in [-0.15, -0.1) is 30.6 Å². The van der Waals surface area contributed by atoms with Crippen molar-refractivity contribution in [2.24, 2.45) is 4.99 Å². The van der Waals surface area contributed by atoms with Crippen molar-refractivity contribution >= 4 is 29.9 Å². The van der Waals surface area contributed by atoms with Crippen molar-refractivity contribution in [1.82, 2.24) is 15.1 Å². The van der Waals surface area contributed by atoms with Gasteiger partial charge >= 0.3 is 0 Å². The fourth-order valence-corrected chi connectivity index (χ4v) is 2.54. The SMILES string of the molecule is C=CCCCN(C)C(=NC)NCCCN(C(C)C)C(C)C.I. The Morgan fingerprint density at radius 2 is 1.73 bits per heavy atom. The Bertz CT molecular complexity index is 295. The molecule has 0 unspecified atom stereocenters.